The van der Waals surface area contributed by atoms with Crippen molar-refractivity contribution < 1.29 is 4.39 Å². The van der Waals surface area contributed by atoms with E-state index >= 15 is 0 Å². The Bertz CT molecular complexity index is 653. The summed E-state index contributed by atoms with van der Waals surface area (Å²) in [6, 6.07) is 6.83. The molecule has 5 heteroatoms. The highest BCUT2D eigenvalue weighted by Gasteiger charge is 2.11. The molecule has 4 N–H and O–H groups in total. The van der Waals surface area contributed by atoms with E-state index in [1.807, 2.05) is 6.07 Å². The number of rotatable bonds is 1. The van der Waals surface area contributed by atoms with E-state index in [1.165, 1.54) is 0 Å². The average Bonchev–Trinajstić information content (AvgIpc) is 2.87. The van der Waals surface area contributed by atoms with Crippen LogP contribution < -0.4 is 5.73 Å². The van der Waals surface area contributed by atoms with Crippen LogP contribution in [0.3, 0.4) is 0 Å². The molecule has 0 spiro atoms. The van der Waals surface area contributed by atoms with Gasteiger partial charge in [-0.3, -0.25) is 5.10 Å². The van der Waals surface area contributed by atoms with E-state index in [0.29, 0.717) is 22.5 Å². The number of halogens is 1. The van der Waals surface area contributed by atoms with E-state index in [2.05, 4.69) is 15.2 Å². The van der Waals surface area contributed by atoms with Crippen LogP contribution in [0.2, 0.25) is 0 Å². The van der Waals surface area contributed by atoms with Crippen LogP contribution in [0.1, 0.15) is 0 Å². The molecular formula is C11H9FN4. The third kappa shape index (κ3) is 1.18. The number of fused-ring (bicyclic) bond motifs is 1. The van der Waals surface area contributed by atoms with Crippen molar-refractivity contribution in [2.24, 2.45) is 0 Å². The summed E-state index contributed by atoms with van der Waals surface area (Å²) in [4.78, 5) is 2.95. The largest absolute Gasteiger partial charge is 0.382 e. The quantitative estimate of drug-likeness (QED) is 0.584. The van der Waals surface area contributed by atoms with E-state index in [4.69, 9.17) is 5.73 Å². The highest BCUT2D eigenvalue weighted by molar-refractivity contribution is 5.85. The average molecular weight is 216 g/mol. The lowest BCUT2D eigenvalue weighted by Crippen LogP contribution is -1.85. The van der Waals surface area contributed by atoms with Crippen molar-refractivity contribution in [3.63, 3.8) is 0 Å². The number of nitrogens with zero attached hydrogens (tertiary/aromatic N) is 1. The van der Waals surface area contributed by atoms with Gasteiger partial charge in [-0.1, -0.05) is 0 Å². The molecule has 0 saturated carbocycles. The first kappa shape index (κ1) is 8.96. The van der Waals surface area contributed by atoms with Crippen LogP contribution in [-0.2, 0) is 0 Å². The Labute approximate surface area is 90.3 Å². The predicted octanol–water partition coefficient (Wildman–Crippen LogP) is 2.28. The number of benzene rings is 1. The number of nitrogens with one attached hydrogen (secondary N) is 2. The lowest BCUT2D eigenvalue weighted by Gasteiger charge is -2.00. The zero-order chi connectivity index (χ0) is 11.1. The van der Waals surface area contributed by atoms with Gasteiger partial charge in [-0.15, -0.1) is 0 Å². The van der Waals surface area contributed by atoms with E-state index < -0.39 is 0 Å². The van der Waals surface area contributed by atoms with Gasteiger partial charge in [-0.25, -0.2) is 4.39 Å². The van der Waals surface area contributed by atoms with Crippen molar-refractivity contribution in [3.05, 3.63) is 36.3 Å². The molecule has 1 aromatic carbocycles. The fourth-order valence-corrected chi connectivity index (χ4v) is 1.78. The van der Waals surface area contributed by atoms with Crippen molar-refractivity contribution in [2.75, 3.05) is 5.73 Å². The Hall–Kier alpha value is -2.30. The van der Waals surface area contributed by atoms with Gasteiger partial charge >= 0.3 is 0 Å². The lowest BCUT2D eigenvalue weighted by atomic mass is 10.1. The second kappa shape index (κ2) is 3.10. The smallest absolute Gasteiger partial charge is 0.145 e. The first-order valence-corrected chi connectivity index (χ1v) is 4.82. The van der Waals surface area contributed by atoms with Crippen LogP contribution in [0.5, 0.6) is 0 Å². The summed E-state index contributed by atoms with van der Waals surface area (Å²) in [6.07, 6.45) is 1.71. The first-order chi connectivity index (χ1) is 7.75. The van der Waals surface area contributed by atoms with Crippen molar-refractivity contribution in [2.45, 2.75) is 0 Å². The third-order valence-electron chi connectivity index (χ3n) is 2.56. The predicted molar refractivity (Wildman–Crippen MR) is 60.3 cm³/mol. The molecule has 16 heavy (non-hydrogen) atoms. The van der Waals surface area contributed by atoms with Crippen LogP contribution in [-0.4, -0.2) is 15.2 Å². The number of hydrogen-bond acceptors (Lipinski definition) is 2. The monoisotopic (exact) mass is 216 g/mol. The minimum absolute atomic E-state index is 0.276. The Morgan fingerprint density at radius 2 is 2.12 bits per heavy atom. The summed E-state index contributed by atoms with van der Waals surface area (Å²) in [6.45, 7) is 0. The third-order valence-corrected chi connectivity index (χ3v) is 2.56. The molecule has 3 aromatic rings. The molecule has 3 rings (SSSR count). The zero-order valence-electron chi connectivity index (χ0n) is 8.29. The fourth-order valence-electron chi connectivity index (χ4n) is 1.78. The Morgan fingerprint density at radius 1 is 1.25 bits per heavy atom. The number of aromatic amines is 2. The maximum Gasteiger partial charge on any atom is 0.145 e. The molecule has 0 fully saturated rings. The summed E-state index contributed by atoms with van der Waals surface area (Å²) in [5.74, 6) is 0.0750. The number of anilines is 1. The van der Waals surface area contributed by atoms with Crippen LogP contribution in [0.25, 0.3) is 22.2 Å². The molecule has 80 valence electrons. The van der Waals surface area contributed by atoms with E-state index in [0.717, 1.165) is 5.52 Å². The van der Waals surface area contributed by atoms with Gasteiger partial charge in [0.05, 0.1) is 5.69 Å². The molecular weight excluding hydrogens is 207 g/mol. The summed E-state index contributed by atoms with van der Waals surface area (Å²) in [5, 5.41) is 7.04. The number of H-pyrrole nitrogens is 2. The van der Waals surface area contributed by atoms with Gasteiger partial charge in [0.1, 0.15) is 11.6 Å². The molecule has 0 saturated heterocycles. The van der Waals surface area contributed by atoms with Crippen LogP contribution >= 0.6 is 0 Å². The molecule has 0 atom stereocenters. The normalized spacial score (nSPS) is 11.1. The Morgan fingerprint density at radius 3 is 2.88 bits per heavy atom. The molecule has 0 aliphatic rings. The van der Waals surface area contributed by atoms with Crippen molar-refractivity contribution >= 4 is 16.7 Å². The van der Waals surface area contributed by atoms with Gasteiger partial charge < -0.3 is 10.7 Å². The fraction of sp³-hybridized carbons (Fsp3) is 0. The molecule has 0 unspecified atom stereocenters. The summed E-state index contributed by atoms with van der Waals surface area (Å²) >= 11 is 0. The molecule has 0 aliphatic heterocycles. The second-order valence-electron chi connectivity index (χ2n) is 3.57. The number of nitrogens with two attached hydrogens (primary N) is 1. The highest BCUT2D eigenvalue weighted by Crippen LogP contribution is 2.27. The Balaban J connectivity index is 2.27. The van der Waals surface area contributed by atoms with Crippen molar-refractivity contribution in [1.29, 1.82) is 0 Å². The van der Waals surface area contributed by atoms with Gasteiger partial charge in [0.2, 0.25) is 0 Å². The highest BCUT2D eigenvalue weighted by atomic mass is 19.1. The maximum atomic E-state index is 14.1. The van der Waals surface area contributed by atoms with E-state index in [-0.39, 0.29) is 5.82 Å². The summed E-state index contributed by atoms with van der Waals surface area (Å²) < 4.78 is 14.1. The molecule has 0 bridgehead atoms. The summed E-state index contributed by atoms with van der Waals surface area (Å²) in [5.41, 5.74) is 7.31. The van der Waals surface area contributed by atoms with E-state index in [9.17, 15) is 4.39 Å². The minimum Gasteiger partial charge on any atom is -0.382 e. The van der Waals surface area contributed by atoms with Crippen LogP contribution in [0, 0.1) is 5.82 Å². The Kier molecular flexibility index (Phi) is 1.73. The molecule has 0 aliphatic carbocycles. The SMILES string of the molecule is Nc1cc(-c2ccc3[nH]ccc3c2F)[nH]n1. The number of hydrogen-bond donors (Lipinski definition) is 3. The lowest BCUT2D eigenvalue weighted by molar-refractivity contribution is 0.642. The standard InChI is InChI=1S/C11H9FN4/c12-11-6(9-5-10(13)16-15-9)1-2-8-7(11)3-4-14-8/h1-5,14H,(H3,13,15,16). The second-order valence-corrected chi connectivity index (χ2v) is 3.57. The molecule has 0 amide bonds. The van der Waals surface area contributed by atoms with Gasteiger partial charge in [0.15, 0.2) is 0 Å². The van der Waals surface area contributed by atoms with Crippen LogP contribution in [0.15, 0.2) is 30.5 Å². The number of nitrogen functional groups attached to an aromatic ring is 1. The topological polar surface area (TPSA) is 70.5 Å². The van der Waals surface area contributed by atoms with Crippen molar-refractivity contribution in [3.8, 4) is 11.3 Å². The van der Waals surface area contributed by atoms with Gasteiger partial charge in [-0.05, 0) is 18.2 Å². The van der Waals surface area contributed by atoms with Gasteiger partial charge in [0, 0.05) is 28.7 Å². The zero-order valence-corrected chi connectivity index (χ0v) is 8.29. The van der Waals surface area contributed by atoms with Gasteiger partial charge in [0.25, 0.3) is 0 Å². The number of aromatic nitrogens is 3. The van der Waals surface area contributed by atoms with Crippen molar-refractivity contribution in [1.82, 2.24) is 15.2 Å². The molecule has 4 nitrogen and oxygen atoms in total. The van der Waals surface area contributed by atoms with Crippen LogP contribution in [0.4, 0.5) is 10.2 Å². The van der Waals surface area contributed by atoms with E-state index in [1.54, 1.807) is 24.4 Å². The maximum absolute atomic E-state index is 14.1. The van der Waals surface area contributed by atoms with Gasteiger partial charge in [-0.2, -0.15) is 5.10 Å². The molecule has 0 radical (unpaired) electrons. The first-order valence-electron chi connectivity index (χ1n) is 4.82. The molecule has 2 aromatic heterocycles. The summed E-state index contributed by atoms with van der Waals surface area (Å²) in [7, 11) is 0. The minimum atomic E-state index is -0.276. The molecule has 2 heterocycles.